The van der Waals surface area contributed by atoms with Crippen LogP contribution in [-0.4, -0.2) is 68.3 Å². The Balaban J connectivity index is 1.47. The number of sulfonamides is 1. The first-order valence-electron chi connectivity index (χ1n) is 11.8. The van der Waals surface area contributed by atoms with Crippen molar-refractivity contribution >= 4 is 21.8 Å². The van der Waals surface area contributed by atoms with Crippen molar-refractivity contribution in [3.8, 4) is 6.07 Å². The number of morpholine rings is 1. The van der Waals surface area contributed by atoms with Crippen molar-refractivity contribution in [2.75, 3.05) is 32.8 Å². The summed E-state index contributed by atoms with van der Waals surface area (Å²) in [5.74, 6) is -1.49. The number of ether oxygens (including phenoxy) is 1. The zero-order valence-corrected chi connectivity index (χ0v) is 21.1. The summed E-state index contributed by atoms with van der Waals surface area (Å²) in [6, 6.07) is 10.2. The lowest BCUT2D eigenvalue weighted by Crippen LogP contribution is -2.56. The molecule has 0 aromatic heterocycles. The topological polar surface area (TPSA) is 120 Å². The predicted octanol–water partition coefficient (Wildman–Crippen LogP) is 2.57. The van der Waals surface area contributed by atoms with E-state index in [0.29, 0.717) is 5.56 Å². The third-order valence-electron chi connectivity index (χ3n) is 6.54. The van der Waals surface area contributed by atoms with Gasteiger partial charge in [0.1, 0.15) is 6.04 Å². The van der Waals surface area contributed by atoms with Crippen LogP contribution in [0.25, 0.3) is 0 Å². The largest absolute Gasteiger partial charge is 0.416 e. The quantitative estimate of drug-likeness (QED) is 0.591. The summed E-state index contributed by atoms with van der Waals surface area (Å²) in [6.07, 6.45) is -4.48. The molecule has 2 aliphatic rings. The van der Waals surface area contributed by atoms with Crippen molar-refractivity contribution < 1.29 is 35.9 Å². The lowest BCUT2D eigenvalue weighted by Gasteiger charge is -2.35. The number of halogens is 3. The highest BCUT2D eigenvalue weighted by Gasteiger charge is 2.38. The van der Waals surface area contributed by atoms with E-state index in [0.717, 1.165) is 16.4 Å². The molecule has 2 aliphatic heterocycles. The van der Waals surface area contributed by atoms with E-state index in [1.807, 2.05) is 6.07 Å². The Morgan fingerprint density at radius 2 is 1.84 bits per heavy atom. The molecular weight excluding hydrogens is 525 g/mol. The lowest BCUT2D eigenvalue weighted by molar-refractivity contribution is -0.137. The fraction of sp³-hybridized carbons (Fsp3) is 0.400. The van der Waals surface area contributed by atoms with Crippen LogP contribution in [0.15, 0.2) is 53.4 Å². The minimum atomic E-state index is -4.48. The van der Waals surface area contributed by atoms with Crippen molar-refractivity contribution in [2.45, 2.75) is 30.1 Å². The second-order valence-electron chi connectivity index (χ2n) is 9.12. The van der Waals surface area contributed by atoms with Crippen LogP contribution in [0.3, 0.4) is 0 Å². The fourth-order valence-electron chi connectivity index (χ4n) is 4.24. The van der Waals surface area contributed by atoms with E-state index in [-0.39, 0.29) is 49.2 Å². The molecule has 1 N–H and O–H groups in total. The van der Waals surface area contributed by atoms with Gasteiger partial charge in [-0.1, -0.05) is 18.2 Å². The number of nitrogens with zero attached hydrogens (tertiary/aromatic N) is 3. The van der Waals surface area contributed by atoms with Crippen molar-refractivity contribution in [1.29, 1.82) is 5.26 Å². The van der Waals surface area contributed by atoms with Crippen molar-refractivity contribution in [3.05, 3.63) is 65.2 Å². The number of alkyl halides is 3. The Morgan fingerprint density at radius 1 is 1.16 bits per heavy atom. The highest BCUT2D eigenvalue weighted by molar-refractivity contribution is 7.89. The van der Waals surface area contributed by atoms with Crippen molar-refractivity contribution in [3.63, 3.8) is 0 Å². The number of nitriles is 1. The van der Waals surface area contributed by atoms with Gasteiger partial charge < -0.3 is 15.0 Å². The molecule has 9 nitrogen and oxygen atoms in total. The van der Waals surface area contributed by atoms with Gasteiger partial charge in [0.2, 0.25) is 15.9 Å². The first-order valence-corrected chi connectivity index (χ1v) is 13.2. The number of amides is 2. The highest BCUT2D eigenvalue weighted by Crippen LogP contribution is 2.30. The summed E-state index contributed by atoms with van der Waals surface area (Å²) in [5, 5.41) is 11.6. The number of hydrogen-bond donors (Lipinski definition) is 1. The molecule has 2 saturated heterocycles. The number of carbonyl (C=O) groups excluding carboxylic acids is 2. The van der Waals surface area contributed by atoms with Gasteiger partial charge in [0.15, 0.2) is 0 Å². The van der Waals surface area contributed by atoms with E-state index < -0.39 is 45.7 Å². The molecule has 2 aromatic carbocycles. The van der Waals surface area contributed by atoms with Gasteiger partial charge in [0.25, 0.3) is 5.91 Å². The Bertz CT molecular complexity index is 1350. The lowest BCUT2D eigenvalue weighted by atomic mass is 10.0. The number of nitrogens with one attached hydrogen (secondary N) is 1. The maximum atomic E-state index is 13.4. The smallest absolute Gasteiger partial charge is 0.377 e. The molecule has 0 radical (unpaired) electrons. The monoisotopic (exact) mass is 550 g/mol. The average Bonchev–Trinajstić information content (AvgIpc) is 2.87. The van der Waals surface area contributed by atoms with Crippen LogP contribution in [0.5, 0.6) is 0 Å². The average molecular weight is 551 g/mol. The maximum absolute atomic E-state index is 13.4. The first-order chi connectivity index (χ1) is 17.9. The number of carbonyl (C=O) groups is 2. The Labute approximate surface area is 217 Å². The van der Waals surface area contributed by atoms with Crippen LogP contribution < -0.4 is 5.32 Å². The molecule has 4 rings (SSSR count). The zero-order valence-electron chi connectivity index (χ0n) is 20.3. The van der Waals surface area contributed by atoms with Gasteiger partial charge in [-0.15, -0.1) is 0 Å². The van der Waals surface area contributed by atoms with E-state index in [1.54, 1.807) is 6.92 Å². The molecule has 2 amide bonds. The van der Waals surface area contributed by atoms with Crippen LogP contribution in [0.2, 0.25) is 0 Å². The molecule has 2 atom stereocenters. The summed E-state index contributed by atoms with van der Waals surface area (Å²) in [7, 11) is -3.88. The molecule has 0 bridgehead atoms. The fourth-order valence-corrected chi connectivity index (χ4v) is 5.82. The van der Waals surface area contributed by atoms with Gasteiger partial charge in [0.05, 0.1) is 41.7 Å². The molecular formula is C25H25F3N4O5S. The van der Waals surface area contributed by atoms with Gasteiger partial charge >= 0.3 is 6.18 Å². The Hall–Kier alpha value is -3.47. The van der Waals surface area contributed by atoms with Crippen LogP contribution in [0.1, 0.15) is 34.5 Å². The molecule has 13 heteroatoms. The van der Waals surface area contributed by atoms with Crippen LogP contribution in [0.4, 0.5) is 13.2 Å². The zero-order chi connectivity index (χ0) is 27.7. The third-order valence-corrected chi connectivity index (χ3v) is 8.37. The van der Waals surface area contributed by atoms with Gasteiger partial charge in [-0.05, 0) is 42.8 Å². The summed E-state index contributed by atoms with van der Waals surface area (Å²) in [5.41, 5.74) is -0.289. The maximum Gasteiger partial charge on any atom is 0.416 e. The highest BCUT2D eigenvalue weighted by atomic mass is 32.2. The standard InChI is InChI=1S/C25H25F3N4O5S/c1-16(18-5-7-20(8-6-18)25(26,27)28)30-23(33)22-15-37-10-9-32(22)24(34)19-3-2-4-21(11-19)38(35,36)31-13-17(12-29)14-31/h2-8,11,16-17,22H,9-10,13-15H2,1H3,(H,30,33)/t16?,22-/m1/s1. The van der Waals surface area contributed by atoms with Crippen LogP contribution in [-0.2, 0) is 25.7 Å². The van der Waals surface area contributed by atoms with E-state index in [4.69, 9.17) is 10.00 Å². The molecule has 2 aromatic rings. The molecule has 202 valence electrons. The number of benzene rings is 2. The van der Waals surface area contributed by atoms with Crippen LogP contribution in [0, 0.1) is 17.2 Å². The van der Waals surface area contributed by atoms with Crippen molar-refractivity contribution in [1.82, 2.24) is 14.5 Å². The van der Waals surface area contributed by atoms with Gasteiger partial charge in [-0.2, -0.15) is 22.7 Å². The van der Waals surface area contributed by atoms with Crippen LogP contribution >= 0.6 is 0 Å². The van der Waals surface area contributed by atoms with Gasteiger partial charge in [-0.3, -0.25) is 9.59 Å². The SMILES string of the molecule is CC(NC(=O)[C@H]1COCCN1C(=O)c1cccc(S(=O)(=O)N2CC(C#N)C2)c1)c1ccc(C(F)(F)F)cc1. The minimum absolute atomic E-state index is 0.0684. The molecule has 2 heterocycles. The van der Waals surface area contributed by atoms with E-state index in [9.17, 15) is 31.2 Å². The first kappa shape index (κ1) is 27.6. The Kier molecular flexibility index (Phi) is 7.78. The van der Waals surface area contributed by atoms with E-state index in [1.165, 1.54) is 41.3 Å². The second kappa shape index (κ2) is 10.7. The van der Waals surface area contributed by atoms with Gasteiger partial charge in [0, 0.05) is 25.2 Å². The second-order valence-corrected chi connectivity index (χ2v) is 11.1. The third kappa shape index (κ3) is 5.67. The number of hydrogen-bond acceptors (Lipinski definition) is 6. The molecule has 2 fully saturated rings. The normalized spacial score (nSPS) is 19.8. The molecule has 0 saturated carbocycles. The van der Waals surface area contributed by atoms with E-state index in [2.05, 4.69) is 5.32 Å². The molecule has 0 spiro atoms. The summed E-state index contributed by atoms with van der Waals surface area (Å²) in [6.45, 7) is 1.93. The summed E-state index contributed by atoms with van der Waals surface area (Å²) < 4.78 is 70.9. The number of rotatable bonds is 6. The summed E-state index contributed by atoms with van der Waals surface area (Å²) in [4.78, 5) is 27.6. The molecule has 38 heavy (non-hydrogen) atoms. The minimum Gasteiger partial charge on any atom is -0.377 e. The molecule has 0 aliphatic carbocycles. The van der Waals surface area contributed by atoms with Crippen molar-refractivity contribution in [2.24, 2.45) is 5.92 Å². The van der Waals surface area contributed by atoms with E-state index >= 15 is 0 Å². The van der Waals surface area contributed by atoms with Gasteiger partial charge in [-0.25, -0.2) is 8.42 Å². The predicted molar refractivity (Wildman–Crippen MR) is 128 cm³/mol. The Morgan fingerprint density at radius 3 is 2.47 bits per heavy atom. The summed E-state index contributed by atoms with van der Waals surface area (Å²) >= 11 is 0. The molecule has 1 unspecified atom stereocenters.